The van der Waals surface area contributed by atoms with E-state index in [1.165, 1.54) is 0 Å². The number of alkyl halides is 3. The van der Waals surface area contributed by atoms with E-state index < -0.39 is 39.7 Å². The summed E-state index contributed by atoms with van der Waals surface area (Å²) in [5, 5.41) is 11.6. The lowest BCUT2D eigenvalue weighted by Crippen LogP contribution is -2.23. The summed E-state index contributed by atoms with van der Waals surface area (Å²) in [6.07, 6.45) is -4.67. The molecular weight excluding hydrogens is 281 g/mol. The molecule has 1 heterocycles. The van der Waals surface area contributed by atoms with Crippen LogP contribution in [0.3, 0.4) is 0 Å². The zero-order chi connectivity index (χ0) is 15.1. The molecule has 6 nitrogen and oxygen atoms in total. The molecule has 2 aromatic rings. The number of aromatic hydroxyl groups is 1. The Morgan fingerprint density at radius 1 is 1.20 bits per heavy atom. The fourth-order valence-electron chi connectivity index (χ4n) is 1.64. The number of halogens is 3. The maximum atomic E-state index is 12.6. The van der Waals surface area contributed by atoms with Gasteiger partial charge in [0.2, 0.25) is 5.69 Å². The first kappa shape index (κ1) is 13.7. The molecule has 0 fully saturated rings. The van der Waals surface area contributed by atoms with Crippen molar-refractivity contribution in [1.29, 1.82) is 0 Å². The number of nitroso groups, excluding NO2 is 1. The molecular formula is C11H5F3N2O4. The molecule has 0 aliphatic carbocycles. The van der Waals surface area contributed by atoms with Gasteiger partial charge >= 0.3 is 6.18 Å². The Bertz CT molecular complexity index is 827. The molecule has 0 aliphatic rings. The Kier molecular flexibility index (Phi) is 3.04. The molecule has 2 N–H and O–H groups in total. The van der Waals surface area contributed by atoms with Crippen molar-refractivity contribution in [3.8, 4) is 5.75 Å². The number of nitrogens with zero attached hydrogens (tertiary/aromatic N) is 1. The van der Waals surface area contributed by atoms with Crippen LogP contribution in [0.5, 0.6) is 5.75 Å². The lowest BCUT2D eigenvalue weighted by Gasteiger charge is -2.06. The van der Waals surface area contributed by atoms with Gasteiger partial charge in [0.25, 0.3) is 11.0 Å². The Balaban J connectivity index is 3.01. The maximum Gasteiger partial charge on any atom is 0.416 e. The molecule has 1 aromatic carbocycles. The maximum absolute atomic E-state index is 12.6. The predicted octanol–water partition coefficient (Wildman–Crippen LogP) is 2.01. The molecule has 104 valence electrons. The summed E-state index contributed by atoms with van der Waals surface area (Å²) in [7, 11) is 0. The van der Waals surface area contributed by atoms with Crippen molar-refractivity contribution >= 4 is 16.6 Å². The highest BCUT2D eigenvalue weighted by Gasteiger charge is 2.30. The Morgan fingerprint density at radius 2 is 1.85 bits per heavy atom. The summed E-state index contributed by atoms with van der Waals surface area (Å²) < 4.78 is 37.7. The number of rotatable bonds is 1. The molecule has 2 rings (SSSR count). The van der Waals surface area contributed by atoms with Crippen LogP contribution in [0, 0.1) is 4.91 Å². The second-order valence-electron chi connectivity index (χ2n) is 3.83. The number of aromatic nitrogens is 1. The monoisotopic (exact) mass is 286 g/mol. The predicted molar refractivity (Wildman–Crippen MR) is 63.0 cm³/mol. The molecule has 0 unspecified atom stereocenters. The highest BCUT2D eigenvalue weighted by atomic mass is 19.4. The second kappa shape index (κ2) is 4.44. The van der Waals surface area contributed by atoms with Gasteiger partial charge in [-0.2, -0.15) is 13.2 Å². The number of fused-ring (bicyclic) bond motifs is 1. The summed E-state index contributed by atoms with van der Waals surface area (Å²) in [5.41, 5.74) is -5.36. The van der Waals surface area contributed by atoms with Gasteiger partial charge in [0.15, 0.2) is 5.75 Å². The average molecular weight is 286 g/mol. The number of hydrogen-bond donors (Lipinski definition) is 2. The first-order valence-electron chi connectivity index (χ1n) is 5.09. The van der Waals surface area contributed by atoms with Crippen molar-refractivity contribution in [2.24, 2.45) is 5.18 Å². The SMILES string of the molecule is O=Nc1c(O)c2ccc(C(F)(F)F)cc2[nH]c(=O)c1=O. The lowest BCUT2D eigenvalue weighted by molar-refractivity contribution is -0.137. The molecule has 9 heteroatoms. The third kappa shape index (κ3) is 2.13. The van der Waals surface area contributed by atoms with Gasteiger partial charge in [0.05, 0.1) is 11.1 Å². The lowest BCUT2D eigenvalue weighted by atomic mass is 10.1. The molecule has 0 spiro atoms. The van der Waals surface area contributed by atoms with E-state index in [-0.39, 0.29) is 5.39 Å². The van der Waals surface area contributed by atoms with E-state index in [1.807, 2.05) is 4.98 Å². The Labute approximate surface area is 107 Å². The highest BCUT2D eigenvalue weighted by Crippen LogP contribution is 2.34. The Hall–Kier alpha value is -2.71. The number of H-pyrrole nitrogens is 1. The van der Waals surface area contributed by atoms with Gasteiger partial charge in [0.1, 0.15) is 0 Å². The number of aromatic amines is 1. The minimum atomic E-state index is -4.67. The second-order valence-corrected chi connectivity index (χ2v) is 3.83. The first-order valence-corrected chi connectivity index (χ1v) is 5.09. The quantitative estimate of drug-likeness (QED) is 0.618. The third-order valence-electron chi connectivity index (χ3n) is 2.59. The molecule has 0 saturated heterocycles. The standard InChI is InChI=1S/C11H5F3N2O4/c12-11(13,14)4-1-2-5-6(3-4)15-10(19)9(18)7(16-20)8(5)17/h1-3,17H,(H,15,18,19). The Morgan fingerprint density at radius 3 is 2.40 bits per heavy atom. The molecule has 20 heavy (non-hydrogen) atoms. The highest BCUT2D eigenvalue weighted by molar-refractivity contribution is 5.88. The zero-order valence-electron chi connectivity index (χ0n) is 9.49. The van der Waals surface area contributed by atoms with Gasteiger partial charge in [-0.3, -0.25) is 9.59 Å². The summed E-state index contributed by atoms with van der Waals surface area (Å²) in [4.78, 5) is 35.1. The van der Waals surface area contributed by atoms with Gasteiger partial charge in [-0.05, 0) is 23.4 Å². The molecule has 0 aliphatic heterocycles. The molecule has 0 amide bonds. The molecule has 0 atom stereocenters. The minimum absolute atomic E-state index is 0.299. The molecule has 0 radical (unpaired) electrons. The van der Waals surface area contributed by atoms with Crippen LogP contribution in [0.25, 0.3) is 10.9 Å². The first-order chi connectivity index (χ1) is 9.25. The molecule has 0 saturated carbocycles. The minimum Gasteiger partial charge on any atom is -0.505 e. The summed E-state index contributed by atoms with van der Waals surface area (Å²) in [6.45, 7) is 0. The van der Waals surface area contributed by atoms with Crippen molar-refractivity contribution in [1.82, 2.24) is 4.98 Å². The number of nitrogens with one attached hydrogen (secondary N) is 1. The van der Waals surface area contributed by atoms with Gasteiger partial charge in [-0.15, -0.1) is 4.91 Å². The van der Waals surface area contributed by atoms with Crippen molar-refractivity contribution in [3.63, 3.8) is 0 Å². The van der Waals surface area contributed by atoms with Crippen LogP contribution < -0.4 is 11.0 Å². The zero-order valence-corrected chi connectivity index (χ0v) is 9.49. The van der Waals surface area contributed by atoms with E-state index in [1.54, 1.807) is 0 Å². The van der Waals surface area contributed by atoms with Crippen LogP contribution in [0.1, 0.15) is 5.56 Å². The number of hydrogen-bond acceptors (Lipinski definition) is 5. The van der Waals surface area contributed by atoms with Gasteiger partial charge in [-0.25, -0.2) is 0 Å². The molecule has 1 aromatic heterocycles. The van der Waals surface area contributed by atoms with Crippen molar-refractivity contribution in [2.75, 3.05) is 0 Å². The van der Waals surface area contributed by atoms with E-state index in [0.717, 1.165) is 6.07 Å². The fraction of sp³-hybridized carbons (Fsp3) is 0.0909. The van der Waals surface area contributed by atoms with Crippen LogP contribution in [0.15, 0.2) is 33.0 Å². The van der Waals surface area contributed by atoms with E-state index >= 15 is 0 Å². The van der Waals surface area contributed by atoms with Gasteiger partial charge in [-0.1, -0.05) is 0 Å². The van der Waals surface area contributed by atoms with Crippen molar-refractivity contribution in [3.05, 3.63) is 49.2 Å². The topological polar surface area (TPSA) is 99.6 Å². The summed E-state index contributed by atoms with van der Waals surface area (Å²) in [6, 6.07) is 2.02. The number of benzene rings is 1. The fourth-order valence-corrected chi connectivity index (χ4v) is 1.64. The van der Waals surface area contributed by atoms with E-state index in [9.17, 15) is 32.8 Å². The smallest absolute Gasteiger partial charge is 0.416 e. The largest absolute Gasteiger partial charge is 0.505 e. The average Bonchev–Trinajstić information content (AvgIpc) is 2.45. The van der Waals surface area contributed by atoms with Crippen LogP contribution in [0.4, 0.5) is 18.9 Å². The third-order valence-corrected chi connectivity index (χ3v) is 2.59. The summed E-state index contributed by atoms with van der Waals surface area (Å²) in [5.74, 6) is -0.952. The van der Waals surface area contributed by atoms with E-state index in [4.69, 9.17) is 0 Å². The van der Waals surface area contributed by atoms with Crippen LogP contribution >= 0.6 is 0 Å². The van der Waals surface area contributed by atoms with Crippen molar-refractivity contribution < 1.29 is 18.3 Å². The normalized spacial score (nSPS) is 11.6. The van der Waals surface area contributed by atoms with Crippen LogP contribution in [-0.4, -0.2) is 10.1 Å². The van der Waals surface area contributed by atoms with Gasteiger partial charge in [0, 0.05) is 5.39 Å². The summed E-state index contributed by atoms with van der Waals surface area (Å²) >= 11 is 0. The van der Waals surface area contributed by atoms with Crippen molar-refractivity contribution in [2.45, 2.75) is 6.18 Å². The molecule has 0 bridgehead atoms. The van der Waals surface area contributed by atoms with E-state index in [0.29, 0.717) is 12.1 Å². The van der Waals surface area contributed by atoms with E-state index in [2.05, 4.69) is 5.18 Å². The van der Waals surface area contributed by atoms with Crippen LogP contribution in [-0.2, 0) is 6.18 Å². The van der Waals surface area contributed by atoms with Gasteiger partial charge < -0.3 is 10.1 Å². The van der Waals surface area contributed by atoms with Crippen LogP contribution in [0.2, 0.25) is 0 Å².